The number of Topliss-reactive ketones (excluding diaryl/α,β-unsaturated/α-hetero) is 1. The lowest BCUT2D eigenvalue weighted by molar-refractivity contribution is -0.137. The number of nitrogens with one attached hydrogen (secondary N) is 1. The molecule has 3 aromatic rings. The van der Waals surface area contributed by atoms with E-state index in [0.717, 1.165) is 12.0 Å². The summed E-state index contributed by atoms with van der Waals surface area (Å²) in [6.07, 6.45) is 2.59. The Kier molecular flexibility index (Phi) is 5.74. The van der Waals surface area contributed by atoms with E-state index in [-0.39, 0.29) is 23.5 Å². The molecule has 176 valence electrons. The molecule has 0 saturated carbocycles. The number of nitrogens with zero attached hydrogens (tertiary/aromatic N) is 4. The Hall–Kier alpha value is -3.79. The number of carbonyl (C=O) groups excluding carboxylic acids is 3. The van der Waals surface area contributed by atoms with Gasteiger partial charge >= 0.3 is 0 Å². The number of imidazole rings is 1. The van der Waals surface area contributed by atoms with Crippen LogP contribution >= 0.6 is 0 Å². The van der Waals surface area contributed by atoms with Gasteiger partial charge in [-0.1, -0.05) is 12.1 Å². The van der Waals surface area contributed by atoms with E-state index in [9.17, 15) is 14.4 Å². The minimum absolute atomic E-state index is 0.0729. The molecule has 1 spiro atoms. The van der Waals surface area contributed by atoms with E-state index in [4.69, 9.17) is 9.47 Å². The predicted octanol–water partition coefficient (Wildman–Crippen LogP) is 2.23. The van der Waals surface area contributed by atoms with Crippen molar-refractivity contribution in [1.82, 2.24) is 19.5 Å². The van der Waals surface area contributed by atoms with Gasteiger partial charge in [-0.2, -0.15) is 0 Å². The molecule has 2 fully saturated rings. The first-order valence-corrected chi connectivity index (χ1v) is 11.2. The monoisotopic (exact) mass is 463 g/mol. The van der Waals surface area contributed by atoms with Crippen LogP contribution in [-0.2, 0) is 25.5 Å². The highest BCUT2D eigenvalue weighted by Crippen LogP contribution is 2.37. The molecule has 0 aliphatic carbocycles. The van der Waals surface area contributed by atoms with Crippen molar-refractivity contribution in [2.24, 2.45) is 5.41 Å². The summed E-state index contributed by atoms with van der Waals surface area (Å²) >= 11 is 0. The van der Waals surface area contributed by atoms with Crippen molar-refractivity contribution >= 4 is 29.1 Å². The van der Waals surface area contributed by atoms with Gasteiger partial charge in [0.05, 0.1) is 19.4 Å². The molecule has 10 heteroatoms. The van der Waals surface area contributed by atoms with E-state index in [2.05, 4.69) is 15.4 Å². The smallest absolute Gasteiger partial charge is 0.237 e. The van der Waals surface area contributed by atoms with Gasteiger partial charge in [0.1, 0.15) is 18.0 Å². The third kappa shape index (κ3) is 4.76. The fraction of sp³-hybridized carbons (Fsp3) is 0.375. The molecule has 2 aliphatic rings. The summed E-state index contributed by atoms with van der Waals surface area (Å²) in [4.78, 5) is 42.3. The van der Waals surface area contributed by atoms with Crippen LogP contribution in [0.15, 0.2) is 42.6 Å². The summed E-state index contributed by atoms with van der Waals surface area (Å²) in [6, 6.07) is 10.6. The third-order valence-corrected chi connectivity index (χ3v) is 6.06. The van der Waals surface area contributed by atoms with Gasteiger partial charge in [0.25, 0.3) is 0 Å². The Balaban J connectivity index is 1.20. The first-order chi connectivity index (χ1) is 16.4. The second-order valence-electron chi connectivity index (χ2n) is 9.01. The van der Waals surface area contributed by atoms with Crippen LogP contribution in [0, 0.1) is 5.41 Å². The highest BCUT2D eigenvalue weighted by molar-refractivity contribution is 6.03. The van der Waals surface area contributed by atoms with Gasteiger partial charge in [0.2, 0.25) is 17.7 Å². The number of anilines is 1. The van der Waals surface area contributed by atoms with E-state index >= 15 is 0 Å². The van der Waals surface area contributed by atoms with E-state index in [1.165, 1.54) is 4.52 Å². The van der Waals surface area contributed by atoms with E-state index < -0.39 is 5.91 Å². The molecule has 0 bridgehead atoms. The summed E-state index contributed by atoms with van der Waals surface area (Å²) in [5.41, 5.74) is 1.47. The van der Waals surface area contributed by atoms with Crippen molar-refractivity contribution in [2.75, 3.05) is 31.6 Å². The van der Waals surface area contributed by atoms with Crippen molar-refractivity contribution in [3.63, 3.8) is 0 Å². The molecule has 2 aliphatic heterocycles. The second-order valence-corrected chi connectivity index (χ2v) is 9.01. The first kappa shape index (κ1) is 22.0. The molecule has 34 heavy (non-hydrogen) atoms. The van der Waals surface area contributed by atoms with E-state index in [1.54, 1.807) is 42.3 Å². The Labute approximate surface area is 195 Å². The maximum atomic E-state index is 12.5. The van der Waals surface area contributed by atoms with Crippen molar-refractivity contribution in [2.45, 2.75) is 26.2 Å². The molecule has 0 radical (unpaired) electrons. The zero-order valence-corrected chi connectivity index (χ0v) is 18.8. The van der Waals surface area contributed by atoms with E-state index in [0.29, 0.717) is 55.8 Å². The van der Waals surface area contributed by atoms with Crippen molar-refractivity contribution in [3.8, 4) is 11.6 Å². The number of benzene rings is 1. The zero-order chi connectivity index (χ0) is 23.7. The molecule has 4 heterocycles. The lowest BCUT2D eigenvalue weighted by Crippen LogP contribution is -2.45. The average molecular weight is 463 g/mol. The highest BCUT2D eigenvalue weighted by atomic mass is 16.5. The molecule has 10 nitrogen and oxygen atoms in total. The van der Waals surface area contributed by atoms with Crippen LogP contribution in [0.2, 0.25) is 0 Å². The molecule has 2 amide bonds. The second kappa shape index (κ2) is 8.86. The highest BCUT2D eigenvalue weighted by Gasteiger charge is 2.45. The molecule has 5 rings (SSSR count). The van der Waals surface area contributed by atoms with Gasteiger partial charge in [-0.15, -0.1) is 5.10 Å². The molecule has 2 aromatic heterocycles. The maximum Gasteiger partial charge on any atom is 0.237 e. The number of hydrogen-bond donors (Lipinski definition) is 1. The third-order valence-electron chi connectivity index (χ3n) is 6.06. The minimum Gasteiger partial charge on any atom is -0.438 e. The topological polar surface area (TPSA) is 115 Å². The number of rotatable bonds is 7. The number of fused-ring (bicyclic) bond motifs is 1. The number of likely N-dealkylation sites (tertiary alicyclic amines) is 1. The van der Waals surface area contributed by atoms with Gasteiger partial charge in [-0.25, -0.2) is 9.50 Å². The zero-order valence-electron chi connectivity index (χ0n) is 18.8. The van der Waals surface area contributed by atoms with Gasteiger partial charge in [0, 0.05) is 31.0 Å². The van der Waals surface area contributed by atoms with Crippen LogP contribution in [-0.4, -0.2) is 63.4 Å². The van der Waals surface area contributed by atoms with Gasteiger partial charge < -0.3 is 19.7 Å². The van der Waals surface area contributed by atoms with Crippen molar-refractivity contribution in [1.29, 1.82) is 0 Å². The standard InChI is InChI=1S/C24H25N5O5/c1-16(30)9-17-3-2-4-18(10-17)34-22-6-5-20-25-19(12-29(20)27-22)26-21(31)11-23(32)28-8-7-24(13-28)14-33-15-24/h2-6,10,12H,7-9,11,13-15H2,1H3,(H,26,31). The number of carbonyl (C=O) groups is 3. The molecule has 0 unspecified atom stereocenters. The first-order valence-electron chi connectivity index (χ1n) is 11.2. The number of ether oxygens (including phenoxy) is 2. The summed E-state index contributed by atoms with van der Waals surface area (Å²) in [5, 5.41) is 7.04. The Morgan fingerprint density at radius 2 is 2.06 bits per heavy atom. The molecular formula is C24H25N5O5. The molecule has 1 aromatic carbocycles. The normalized spacial score (nSPS) is 16.4. The molecule has 2 saturated heterocycles. The fourth-order valence-electron chi connectivity index (χ4n) is 4.32. The Morgan fingerprint density at radius 3 is 2.79 bits per heavy atom. The van der Waals surface area contributed by atoms with Crippen LogP contribution in [0.3, 0.4) is 0 Å². The summed E-state index contributed by atoms with van der Waals surface area (Å²) < 4.78 is 12.6. The molecule has 0 atom stereocenters. The number of amides is 2. The maximum absolute atomic E-state index is 12.5. The van der Waals surface area contributed by atoms with Gasteiger partial charge in [-0.05, 0) is 37.1 Å². The largest absolute Gasteiger partial charge is 0.438 e. The predicted molar refractivity (Wildman–Crippen MR) is 122 cm³/mol. The quantitative estimate of drug-likeness (QED) is 0.534. The lowest BCUT2D eigenvalue weighted by Gasteiger charge is -2.37. The van der Waals surface area contributed by atoms with Crippen LogP contribution in [0.25, 0.3) is 5.65 Å². The van der Waals surface area contributed by atoms with Gasteiger partial charge in [-0.3, -0.25) is 14.4 Å². The summed E-state index contributed by atoms with van der Waals surface area (Å²) in [6.45, 7) is 4.23. The fourth-order valence-corrected chi connectivity index (χ4v) is 4.32. The van der Waals surface area contributed by atoms with Crippen LogP contribution in [0.4, 0.5) is 5.82 Å². The van der Waals surface area contributed by atoms with E-state index in [1.807, 2.05) is 12.1 Å². The lowest BCUT2D eigenvalue weighted by atomic mass is 9.85. The minimum atomic E-state index is -0.419. The molecule has 1 N–H and O–H groups in total. The number of aromatic nitrogens is 3. The van der Waals surface area contributed by atoms with Gasteiger partial charge in [0.15, 0.2) is 11.5 Å². The van der Waals surface area contributed by atoms with Crippen LogP contribution in [0.5, 0.6) is 11.6 Å². The summed E-state index contributed by atoms with van der Waals surface area (Å²) in [7, 11) is 0. The van der Waals surface area contributed by atoms with Crippen LogP contribution in [0.1, 0.15) is 25.3 Å². The number of ketones is 1. The summed E-state index contributed by atoms with van der Waals surface area (Å²) in [5.74, 6) is 0.666. The Morgan fingerprint density at radius 1 is 1.21 bits per heavy atom. The van der Waals surface area contributed by atoms with Crippen molar-refractivity contribution < 1.29 is 23.9 Å². The van der Waals surface area contributed by atoms with Crippen molar-refractivity contribution in [3.05, 3.63) is 48.2 Å². The Bertz CT molecular complexity index is 1270. The SMILES string of the molecule is CC(=O)Cc1cccc(Oc2ccc3nc(NC(=O)CC(=O)N4CCC5(COC5)C4)cn3n2)c1. The van der Waals surface area contributed by atoms with Crippen LogP contribution < -0.4 is 10.1 Å². The molecular weight excluding hydrogens is 438 g/mol. The number of hydrogen-bond acceptors (Lipinski definition) is 7. The average Bonchev–Trinajstić information content (AvgIpc) is 3.37.